The maximum absolute atomic E-state index is 14.2. The third-order valence-corrected chi connectivity index (χ3v) is 6.92. The van der Waals surface area contributed by atoms with Crippen LogP contribution in [0, 0.1) is 9.39 Å². The number of nitrogens with zero attached hydrogens (tertiary/aromatic N) is 4. The fourth-order valence-electron chi connectivity index (χ4n) is 4.61. The van der Waals surface area contributed by atoms with Crippen LogP contribution in [-0.2, 0) is 4.74 Å². The maximum Gasteiger partial charge on any atom is 0.251 e. The molecule has 35 heavy (non-hydrogen) atoms. The maximum atomic E-state index is 14.2. The van der Waals surface area contributed by atoms with Crippen LogP contribution in [0.3, 0.4) is 0 Å². The summed E-state index contributed by atoms with van der Waals surface area (Å²) in [6, 6.07) is 10.3. The lowest BCUT2D eigenvalue weighted by Gasteiger charge is -2.28. The zero-order valence-electron chi connectivity index (χ0n) is 19.7. The molecule has 1 fully saturated rings. The number of hydrogen-bond acceptors (Lipinski definition) is 5. The molecule has 0 saturated carbocycles. The number of fused-ring (bicyclic) bond motifs is 1. The molecule has 1 atom stereocenters. The third-order valence-electron chi connectivity index (χ3n) is 6.30. The minimum Gasteiger partial charge on any atom is -0.378 e. The van der Waals surface area contributed by atoms with Crippen molar-refractivity contribution < 1.29 is 9.13 Å². The summed E-state index contributed by atoms with van der Waals surface area (Å²) < 4.78 is 22.1. The molecule has 0 amide bonds. The van der Waals surface area contributed by atoms with E-state index < -0.39 is 0 Å². The van der Waals surface area contributed by atoms with E-state index in [0.29, 0.717) is 19.8 Å². The molecule has 1 N–H and O–H groups in total. The number of hydrogen-bond donors (Lipinski definition) is 1. The minimum absolute atomic E-state index is 0.139. The first-order chi connectivity index (χ1) is 16.9. The Labute approximate surface area is 216 Å². The van der Waals surface area contributed by atoms with Gasteiger partial charge < -0.3 is 24.1 Å². The van der Waals surface area contributed by atoms with Crippen molar-refractivity contribution in [1.82, 2.24) is 19.4 Å². The number of halogens is 2. The molecule has 1 aromatic carbocycles. The summed E-state index contributed by atoms with van der Waals surface area (Å²) in [7, 11) is 3.89. The summed E-state index contributed by atoms with van der Waals surface area (Å²) in [4.78, 5) is 25.4. The lowest BCUT2D eigenvalue weighted by Crippen LogP contribution is -2.36. The number of aromatic amines is 1. The van der Waals surface area contributed by atoms with E-state index in [-0.39, 0.29) is 17.4 Å². The second-order valence-corrected chi connectivity index (χ2v) is 10.3. The van der Waals surface area contributed by atoms with Crippen LogP contribution in [-0.4, -0.2) is 66.4 Å². The van der Waals surface area contributed by atoms with E-state index >= 15 is 0 Å². The van der Waals surface area contributed by atoms with Crippen molar-refractivity contribution >= 4 is 39.3 Å². The topological polar surface area (TPSA) is 66.4 Å². The smallest absolute Gasteiger partial charge is 0.251 e. The third kappa shape index (κ3) is 5.12. The molecule has 7 nitrogen and oxygen atoms in total. The van der Waals surface area contributed by atoms with Crippen LogP contribution in [0.5, 0.6) is 0 Å². The van der Waals surface area contributed by atoms with Gasteiger partial charge in [-0.15, -0.1) is 0 Å². The number of rotatable bonds is 6. The van der Waals surface area contributed by atoms with Gasteiger partial charge in [0.2, 0.25) is 0 Å². The summed E-state index contributed by atoms with van der Waals surface area (Å²) in [5.74, 6) is -0.303. The van der Waals surface area contributed by atoms with Gasteiger partial charge >= 0.3 is 0 Å². The molecule has 9 heteroatoms. The van der Waals surface area contributed by atoms with E-state index in [1.165, 1.54) is 12.1 Å². The van der Waals surface area contributed by atoms with Crippen LogP contribution in [0.15, 0.2) is 59.8 Å². The largest absolute Gasteiger partial charge is 0.378 e. The molecule has 5 rings (SSSR count). The molecule has 1 aliphatic rings. The quantitative estimate of drug-likeness (QED) is 0.344. The average Bonchev–Trinajstić information content (AvgIpc) is 3.26. The molecule has 4 aromatic rings. The average molecular weight is 587 g/mol. The van der Waals surface area contributed by atoms with E-state index in [9.17, 15) is 9.18 Å². The molecular formula is C26H27FIN5O2. The number of H-pyrrole nitrogens is 1. The van der Waals surface area contributed by atoms with Gasteiger partial charge in [-0.1, -0.05) is 0 Å². The Balaban J connectivity index is 1.53. The Hall–Kier alpha value is -2.76. The van der Waals surface area contributed by atoms with Crippen LogP contribution < -0.4 is 10.5 Å². The summed E-state index contributed by atoms with van der Waals surface area (Å²) in [5.41, 5.74) is 4.19. The second kappa shape index (κ2) is 10.1. The number of aromatic nitrogens is 3. The van der Waals surface area contributed by atoms with Crippen LogP contribution >= 0.6 is 22.6 Å². The first-order valence-corrected chi connectivity index (χ1v) is 12.6. The molecule has 3 aromatic heterocycles. The van der Waals surface area contributed by atoms with E-state index in [1.807, 2.05) is 49.7 Å². The van der Waals surface area contributed by atoms with Gasteiger partial charge in [0.15, 0.2) is 0 Å². The fraction of sp³-hybridized carbons (Fsp3) is 0.308. The van der Waals surface area contributed by atoms with Gasteiger partial charge in [0.05, 0.1) is 31.1 Å². The summed E-state index contributed by atoms with van der Waals surface area (Å²) in [6.07, 6.45) is 5.58. The number of likely N-dealkylation sites (N-methyl/N-ethyl adjacent to an activating group) is 1. The van der Waals surface area contributed by atoms with Gasteiger partial charge in [0.1, 0.15) is 11.5 Å². The Morgan fingerprint density at radius 2 is 2.00 bits per heavy atom. The lowest BCUT2D eigenvalue weighted by atomic mass is 10.0. The van der Waals surface area contributed by atoms with E-state index in [0.717, 1.165) is 50.1 Å². The van der Waals surface area contributed by atoms with Crippen molar-refractivity contribution in [3.8, 4) is 11.1 Å². The van der Waals surface area contributed by atoms with Crippen LogP contribution in [0.2, 0.25) is 0 Å². The predicted octanol–water partition coefficient (Wildman–Crippen LogP) is 4.12. The van der Waals surface area contributed by atoms with E-state index in [2.05, 4.69) is 43.5 Å². The van der Waals surface area contributed by atoms with Crippen molar-refractivity contribution in [2.75, 3.05) is 51.8 Å². The monoisotopic (exact) mass is 587 g/mol. The number of nitrogens with one attached hydrogen (secondary N) is 1. The van der Waals surface area contributed by atoms with Gasteiger partial charge in [0.25, 0.3) is 5.56 Å². The second-order valence-electron chi connectivity index (χ2n) is 9.03. The number of ether oxygens (including phenoxy) is 1. The predicted molar refractivity (Wildman–Crippen MR) is 145 cm³/mol. The molecule has 1 unspecified atom stereocenters. The van der Waals surface area contributed by atoms with Crippen molar-refractivity contribution in [1.29, 1.82) is 0 Å². The molecular weight excluding hydrogens is 560 g/mol. The molecule has 0 aliphatic carbocycles. The Morgan fingerprint density at radius 3 is 2.71 bits per heavy atom. The molecule has 0 radical (unpaired) electrons. The Bertz CT molecular complexity index is 1390. The van der Waals surface area contributed by atoms with Crippen LogP contribution in [0.1, 0.15) is 11.6 Å². The normalized spacial score (nSPS) is 15.2. The van der Waals surface area contributed by atoms with E-state index in [1.54, 1.807) is 10.6 Å². The molecule has 0 spiro atoms. The van der Waals surface area contributed by atoms with Crippen molar-refractivity contribution in [3.05, 3.63) is 80.3 Å². The Morgan fingerprint density at radius 1 is 1.20 bits per heavy atom. The Kier molecular flexibility index (Phi) is 6.90. The van der Waals surface area contributed by atoms with Gasteiger partial charge in [-0.05, 0) is 78.1 Å². The first kappa shape index (κ1) is 24.0. The highest BCUT2D eigenvalue weighted by Crippen LogP contribution is 2.30. The number of benzene rings is 1. The van der Waals surface area contributed by atoms with Crippen molar-refractivity contribution in [3.63, 3.8) is 0 Å². The van der Waals surface area contributed by atoms with Gasteiger partial charge in [-0.2, -0.15) is 0 Å². The van der Waals surface area contributed by atoms with Crippen molar-refractivity contribution in [2.45, 2.75) is 6.04 Å². The van der Waals surface area contributed by atoms with Crippen LogP contribution in [0.25, 0.3) is 22.2 Å². The molecule has 4 heterocycles. The van der Waals surface area contributed by atoms with Crippen LogP contribution in [0.4, 0.5) is 10.1 Å². The summed E-state index contributed by atoms with van der Waals surface area (Å²) in [6.45, 7) is 3.63. The standard InChI is InChI=1S/C26H27FIN5O2/c1-31(2)16-24(18-9-19(27)12-20(28)10-18)33-4-3-17(11-25(33)34)23-15-30-26-22(23)13-21(14-29-26)32-5-7-35-8-6-32/h3-4,9-15,24H,5-8,16H2,1-2H3,(H,29,30). The first-order valence-electron chi connectivity index (χ1n) is 11.5. The van der Waals surface area contributed by atoms with Gasteiger partial charge in [-0.3, -0.25) is 4.79 Å². The number of anilines is 1. The summed E-state index contributed by atoms with van der Waals surface area (Å²) in [5, 5.41) is 0.968. The van der Waals surface area contributed by atoms with Crippen molar-refractivity contribution in [2.24, 2.45) is 0 Å². The summed E-state index contributed by atoms with van der Waals surface area (Å²) >= 11 is 2.10. The molecule has 0 bridgehead atoms. The zero-order chi connectivity index (χ0) is 24.5. The van der Waals surface area contributed by atoms with Gasteiger partial charge in [0, 0.05) is 52.6 Å². The van der Waals surface area contributed by atoms with E-state index in [4.69, 9.17) is 4.74 Å². The highest BCUT2D eigenvalue weighted by atomic mass is 127. The molecule has 1 aliphatic heterocycles. The minimum atomic E-state index is -0.312. The lowest BCUT2D eigenvalue weighted by molar-refractivity contribution is 0.122. The zero-order valence-corrected chi connectivity index (χ0v) is 21.8. The molecule has 1 saturated heterocycles. The highest BCUT2D eigenvalue weighted by molar-refractivity contribution is 14.1. The highest BCUT2D eigenvalue weighted by Gasteiger charge is 2.19. The SMILES string of the molecule is CN(C)CC(c1cc(F)cc(I)c1)n1ccc(-c2c[nH]c3ncc(N4CCOCC4)cc23)cc1=O. The van der Waals surface area contributed by atoms with Gasteiger partial charge in [-0.25, -0.2) is 9.37 Å². The number of morpholine rings is 1. The fourth-order valence-corrected chi connectivity index (χ4v) is 5.26. The molecule has 182 valence electrons. The number of pyridine rings is 2.